The van der Waals surface area contributed by atoms with Crippen molar-refractivity contribution in [3.63, 3.8) is 0 Å². The second-order valence-electron chi connectivity index (χ2n) is 7.59. The predicted octanol–water partition coefficient (Wildman–Crippen LogP) is 7.24. The van der Waals surface area contributed by atoms with Crippen molar-refractivity contribution in [2.24, 2.45) is 0 Å². The Balaban J connectivity index is 1.23. The third-order valence-corrected chi connectivity index (χ3v) is 5.47. The standard InChI is InChI=1S/C28H20ClN3O2/c29-22-10-6-20(7-11-22)27-18-19-32(31-27)24-14-8-21(9-15-24)28(33)30-23-12-16-26(17-13-23)34-25-4-2-1-3-5-25/h1-19H,(H,30,33). The average Bonchev–Trinajstić information content (AvgIpc) is 3.37. The first-order chi connectivity index (χ1) is 16.6. The maximum Gasteiger partial charge on any atom is 0.255 e. The molecule has 1 aromatic heterocycles. The van der Waals surface area contributed by atoms with Gasteiger partial charge in [-0.2, -0.15) is 5.10 Å². The molecule has 0 radical (unpaired) electrons. The van der Waals surface area contributed by atoms with Crippen LogP contribution in [0, 0.1) is 0 Å². The highest BCUT2D eigenvalue weighted by atomic mass is 35.5. The molecule has 0 bridgehead atoms. The number of hydrogen-bond acceptors (Lipinski definition) is 3. The van der Waals surface area contributed by atoms with Crippen LogP contribution in [0.15, 0.2) is 115 Å². The van der Waals surface area contributed by atoms with Gasteiger partial charge in [-0.3, -0.25) is 4.79 Å². The first kappa shape index (κ1) is 21.5. The molecule has 0 fully saturated rings. The van der Waals surface area contributed by atoms with E-state index in [4.69, 9.17) is 16.3 Å². The molecule has 0 saturated heterocycles. The van der Waals surface area contributed by atoms with Gasteiger partial charge in [-0.05, 0) is 78.9 Å². The molecule has 0 atom stereocenters. The largest absolute Gasteiger partial charge is 0.457 e. The Morgan fingerprint density at radius 3 is 2.15 bits per heavy atom. The quantitative estimate of drug-likeness (QED) is 0.287. The summed E-state index contributed by atoms with van der Waals surface area (Å²) in [7, 11) is 0. The van der Waals surface area contributed by atoms with Crippen LogP contribution in [-0.4, -0.2) is 15.7 Å². The van der Waals surface area contributed by atoms with Crippen LogP contribution in [0.1, 0.15) is 10.4 Å². The summed E-state index contributed by atoms with van der Waals surface area (Å²) in [5, 5.41) is 8.22. The highest BCUT2D eigenvalue weighted by Crippen LogP contribution is 2.24. The Morgan fingerprint density at radius 2 is 1.44 bits per heavy atom. The van der Waals surface area contributed by atoms with Crippen molar-refractivity contribution < 1.29 is 9.53 Å². The molecule has 1 heterocycles. The van der Waals surface area contributed by atoms with Gasteiger partial charge >= 0.3 is 0 Å². The van der Waals surface area contributed by atoms with E-state index >= 15 is 0 Å². The van der Waals surface area contributed by atoms with Crippen molar-refractivity contribution in [3.05, 3.63) is 126 Å². The summed E-state index contributed by atoms with van der Waals surface area (Å²) in [6.45, 7) is 0. The lowest BCUT2D eigenvalue weighted by atomic mass is 10.2. The van der Waals surface area contributed by atoms with Crippen molar-refractivity contribution in [1.82, 2.24) is 9.78 Å². The highest BCUT2D eigenvalue weighted by molar-refractivity contribution is 6.30. The summed E-state index contributed by atoms with van der Waals surface area (Å²) >= 11 is 5.96. The van der Waals surface area contributed by atoms with Crippen molar-refractivity contribution in [1.29, 1.82) is 0 Å². The number of hydrogen-bond donors (Lipinski definition) is 1. The molecule has 0 saturated carbocycles. The lowest BCUT2D eigenvalue weighted by Crippen LogP contribution is -2.11. The zero-order valence-electron chi connectivity index (χ0n) is 18.1. The number of halogens is 1. The zero-order valence-corrected chi connectivity index (χ0v) is 18.8. The second-order valence-corrected chi connectivity index (χ2v) is 8.03. The van der Waals surface area contributed by atoms with E-state index in [1.807, 2.05) is 103 Å². The van der Waals surface area contributed by atoms with E-state index in [2.05, 4.69) is 10.4 Å². The average molecular weight is 466 g/mol. The molecule has 34 heavy (non-hydrogen) atoms. The molecule has 4 aromatic carbocycles. The van der Waals surface area contributed by atoms with Gasteiger partial charge in [0.25, 0.3) is 5.91 Å². The number of benzene rings is 4. The molecule has 166 valence electrons. The number of nitrogens with zero attached hydrogens (tertiary/aromatic N) is 2. The lowest BCUT2D eigenvalue weighted by molar-refractivity contribution is 0.102. The van der Waals surface area contributed by atoms with Crippen molar-refractivity contribution in [3.8, 4) is 28.4 Å². The maximum absolute atomic E-state index is 12.7. The number of carbonyl (C=O) groups is 1. The number of anilines is 1. The number of carbonyl (C=O) groups excluding carboxylic acids is 1. The summed E-state index contributed by atoms with van der Waals surface area (Å²) in [4.78, 5) is 12.7. The van der Waals surface area contributed by atoms with Gasteiger partial charge in [0.05, 0.1) is 11.4 Å². The topological polar surface area (TPSA) is 56.1 Å². The van der Waals surface area contributed by atoms with Crippen LogP contribution in [0.3, 0.4) is 0 Å². The van der Waals surface area contributed by atoms with Crippen LogP contribution in [0.5, 0.6) is 11.5 Å². The van der Waals surface area contributed by atoms with Crippen molar-refractivity contribution in [2.75, 3.05) is 5.32 Å². The Bertz CT molecular complexity index is 1400. The Labute approximate surface area is 202 Å². The molecule has 0 unspecified atom stereocenters. The number of amides is 1. The van der Waals surface area contributed by atoms with Gasteiger partial charge in [-0.25, -0.2) is 4.68 Å². The monoisotopic (exact) mass is 465 g/mol. The van der Waals surface area contributed by atoms with Crippen LogP contribution >= 0.6 is 11.6 Å². The van der Waals surface area contributed by atoms with E-state index < -0.39 is 0 Å². The van der Waals surface area contributed by atoms with Crippen LogP contribution in [-0.2, 0) is 0 Å². The van der Waals surface area contributed by atoms with Gasteiger partial charge in [-0.15, -0.1) is 0 Å². The van der Waals surface area contributed by atoms with Gasteiger partial charge < -0.3 is 10.1 Å². The van der Waals surface area contributed by atoms with Gasteiger partial charge in [0.15, 0.2) is 0 Å². The molecule has 1 N–H and O–H groups in total. The minimum absolute atomic E-state index is 0.189. The number of aromatic nitrogens is 2. The SMILES string of the molecule is O=C(Nc1ccc(Oc2ccccc2)cc1)c1ccc(-n2ccc(-c3ccc(Cl)cc3)n2)cc1. The second kappa shape index (κ2) is 9.65. The van der Waals surface area contributed by atoms with Gasteiger partial charge in [0.2, 0.25) is 0 Å². The van der Waals surface area contributed by atoms with Gasteiger partial charge in [0.1, 0.15) is 11.5 Å². The fraction of sp³-hybridized carbons (Fsp3) is 0. The van der Waals surface area contributed by atoms with E-state index in [0.717, 1.165) is 22.7 Å². The predicted molar refractivity (Wildman–Crippen MR) is 135 cm³/mol. The summed E-state index contributed by atoms with van der Waals surface area (Å²) in [5.74, 6) is 1.27. The molecule has 5 aromatic rings. The first-order valence-electron chi connectivity index (χ1n) is 10.7. The summed E-state index contributed by atoms with van der Waals surface area (Å²) in [5.41, 5.74) is 3.93. The number of rotatable bonds is 6. The van der Waals surface area contributed by atoms with E-state index in [9.17, 15) is 4.79 Å². The Morgan fingerprint density at radius 1 is 0.765 bits per heavy atom. The van der Waals surface area contributed by atoms with Crippen LogP contribution in [0.2, 0.25) is 5.02 Å². The minimum atomic E-state index is -0.189. The number of nitrogens with one attached hydrogen (secondary N) is 1. The van der Waals surface area contributed by atoms with E-state index in [-0.39, 0.29) is 5.91 Å². The smallest absolute Gasteiger partial charge is 0.255 e. The molecule has 0 aliphatic carbocycles. The van der Waals surface area contributed by atoms with Gasteiger partial charge in [-0.1, -0.05) is 41.9 Å². The number of para-hydroxylation sites is 1. The molecule has 0 aliphatic rings. The fourth-order valence-corrected chi connectivity index (χ4v) is 3.57. The van der Waals surface area contributed by atoms with Crippen LogP contribution < -0.4 is 10.1 Å². The minimum Gasteiger partial charge on any atom is -0.457 e. The normalized spacial score (nSPS) is 10.6. The molecular weight excluding hydrogens is 446 g/mol. The van der Waals surface area contributed by atoms with Crippen LogP contribution in [0.25, 0.3) is 16.9 Å². The molecule has 6 heteroatoms. The molecule has 5 rings (SSSR count). The number of ether oxygens (including phenoxy) is 1. The molecule has 1 amide bonds. The lowest BCUT2D eigenvalue weighted by Gasteiger charge is -2.09. The maximum atomic E-state index is 12.7. The molecule has 0 spiro atoms. The third-order valence-electron chi connectivity index (χ3n) is 5.21. The van der Waals surface area contributed by atoms with Crippen molar-refractivity contribution >= 4 is 23.2 Å². The zero-order chi connectivity index (χ0) is 23.3. The van der Waals surface area contributed by atoms with Crippen LogP contribution in [0.4, 0.5) is 5.69 Å². The Hall–Kier alpha value is -4.35. The van der Waals surface area contributed by atoms with E-state index in [1.54, 1.807) is 16.8 Å². The summed E-state index contributed by atoms with van der Waals surface area (Å²) in [6, 6.07) is 33.6. The highest BCUT2D eigenvalue weighted by Gasteiger charge is 2.09. The fourth-order valence-electron chi connectivity index (χ4n) is 3.44. The van der Waals surface area contributed by atoms with E-state index in [1.165, 1.54) is 0 Å². The van der Waals surface area contributed by atoms with Crippen molar-refractivity contribution in [2.45, 2.75) is 0 Å². The van der Waals surface area contributed by atoms with Gasteiger partial charge in [0, 0.05) is 28.0 Å². The molecule has 0 aliphatic heterocycles. The summed E-state index contributed by atoms with van der Waals surface area (Å²) < 4.78 is 7.56. The third kappa shape index (κ3) is 5.00. The molecular formula is C28H20ClN3O2. The Kier molecular flexibility index (Phi) is 6.10. The first-order valence-corrected chi connectivity index (χ1v) is 11.1. The van der Waals surface area contributed by atoms with E-state index in [0.29, 0.717) is 22.0 Å². The summed E-state index contributed by atoms with van der Waals surface area (Å²) in [6.07, 6.45) is 1.89. The molecule has 5 nitrogen and oxygen atoms in total.